The standard InChI is InChI=1S/C14H16BrNO/c1-10-3-2-4-13(5-10)17-14-7-11(9-16)6-12(15)8-14/h6-8,10,13H,2-5H2,1H3. The zero-order valence-electron chi connectivity index (χ0n) is 9.95. The summed E-state index contributed by atoms with van der Waals surface area (Å²) >= 11 is 3.40. The lowest BCUT2D eigenvalue weighted by Gasteiger charge is -2.27. The van der Waals surface area contributed by atoms with Gasteiger partial charge in [-0.25, -0.2) is 0 Å². The molecular weight excluding hydrogens is 278 g/mol. The highest BCUT2D eigenvalue weighted by molar-refractivity contribution is 9.10. The summed E-state index contributed by atoms with van der Waals surface area (Å²) in [5.41, 5.74) is 0.637. The van der Waals surface area contributed by atoms with Crippen LogP contribution in [0.15, 0.2) is 22.7 Å². The van der Waals surface area contributed by atoms with Crippen LogP contribution in [0.5, 0.6) is 5.75 Å². The predicted molar refractivity (Wildman–Crippen MR) is 70.9 cm³/mol. The maximum Gasteiger partial charge on any atom is 0.122 e. The van der Waals surface area contributed by atoms with Crippen LogP contribution in [0.3, 0.4) is 0 Å². The number of hydrogen-bond donors (Lipinski definition) is 0. The van der Waals surface area contributed by atoms with Crippen LogP contribution in [0.25, 0.3) is 0 Å². The fraction of sp³-hybridized carbons (Fsp3) is 0.500. The first-order chi connectivity index (χ1) is 8.17. The minimum Gasteiger partial charge on any atom is -0.490 e. The van der Waals surface area contributed by atoms with Crippen LogP contribution in [0, 0.1) is 17.2 Å². The van der Waals surface area contributed by atoms with Crippen LogP contribution in [0.2, 0.25) is 0 Å². The highest BCUT2D eigenvalue weighted by Gasteiger charge is 2.20. The minimum atomic E-state index is 0.305. The monoisotopic (exact) mass is 293 g/mol. The van der Waals surface area contributed by atoms with Gasteiger partial charge in [0.05, 0.1) is 17.7 Å². The average molecular weight is 294 g/mol. The van der Waals surface area contributed by atoms with E-state index in [9.17, 15) is 0 Å². The molecule has 0 N–H and O–H groups in total. The van der Waals surface area contributed by atoms with Crippen molar-refractivity contribution in [1.82, 2.24) is 0 Å². The summed E-state index contributed by atoms with van der Waals surface area (Å²) in [4.78, 5) is 0. The quantitative estimate of drug-likeness (QED) is 0.815. The highest BCUT2D eigenvalue weighted by atomic mass is 79.9. The van der Waals surface area contributed by atoms with Crippen LogP contribution in [-0.4, -0.2) is 6.10 Å². The number of rotatable bonds is 2. The fourth-order valence-electron chi connectivity index (χ4n) is 2.37. The van der Waals surface area contributed by atoms with Gasteiger partial charge >= 0.3 is 0 Å². The summed E-state index contributed by atoms with van der Waals surface area (Å²) in [6.07, 6.45) is 5.10. The molecule has 1 aromatic carbocycles. The molecule has 1 saturated carbocycles. The van der Waals surface area contributed by atoms with Gasteiger partial charge in [0.2, 0.25) is 0 Å². The molecule has 2 rings (SSSR count). The number of ether oxygens (including phenoxy) is 1. The van der Waals surface area contributed by atoms with Crippen molar-refractivity contribution in [3.8, 4) is 11.8 Å². The van der Waals surface area contributed by atoms with Crippen molar-refractivity contribution in [3.63, 3.8) is 0 Å². The van der Waals surface area contributed by atoms with Crippen LogP contribution < -0.4 is 4.74 Å². The molecule has 0 radical (unpaired) electrons. The van der Waals surface area contributed by atoms with Gasteiger partial charge in [-0.05, 0) is 43.4 Å². The molecule has 0 spiro atoms. The molecule has 0 aromatic heterocycles. The Kier molecular flexibility index (Phi) is 4.06. The third kappa shape index (κ3) is 3.47. The van der Waals surface area contributed by atoms with Crippen molar-refractivity contribution in [3.05, 3.63) is 28.2 Å². The Labute approximate surface area is 111 Å². The first-order valence-electron chi connectivity index (χ1n) is 6.04. The molecule has 0 bridgehead atoms. The minimum absolute atomic E-state index is 0.305. The van der Waals surface area contributed by atoms with Crippen molar-refractivity contribution in [2.75, 3.05) is 0 Å². The third-order valence-corrected chi connectivity index (χ3v) is 3.65. The lowest BCUT2D eigenvalue weighted by molar-refractivity contribution is 0.129. The summed E-state index contributed by atoms with van der Waals surface area (Å²) < 4.78 is 6.87. The van der Waals surface area contributed by atoms with E-state index in [1.54, 1.807) is 6.07 Å². The third-order valence-electron chi connectivity index (χ3n) is 3.19. The number of benzene rings is 1. The average Bonchev–Trinajstić information content (AvgIpc) is 2.28. The zero-order valence-corrected chi connectivity index (χ0v) is 11.5. The van der Waals surface area contributed by atoms with E-state index in [1.165, 1.54) is 12.8 Å². The molecule has 0 amide bonds. The number of nitriles is 1. The van der Waals surface area contributed by atoms with E-state index in [4.69, 9.17) is 10.00 Å². The van der Waals surface area contributed by atoms with Crippen molar-refractivity contribution in [2.24, 2.45) is 5.92 Å². The van der Waals surface area contributed by atoms with Crippen LogP contribution in [0.1, 0.15) is 38.2 Å². The largest absolute Gasteiger partial charge is 0.490 e. The lowest BCUT2D eigenvalue weighted by atomic mass is 9.89. The molecule has 0 heterocycles. The predicted octanol–water partition coefficient (Wildman–Crippen LogP) is 4.28. The van der Waals surface area contributed by atoms with Gasteiger partial charge in [0.25, 0.3) is 0 Å². The van der Waals surface area contributed by atoms with E-state index < -0.39 is 0 Å². The Bertz CT molecular complexity index is 438. The summed E-state index contributed by atoms with van der Waals surface area (Å²) in [6, 6.07) is 7.69. The normalized spacial score (nSPS) is 24.1. The molecule has 17 heavy (non-hydrogen) atoms. The second-order valence-electron chi connectivity index (χ2n) is 4.80. The molecule has 2 nitrogen and oxygen atoms in total. The van der Waals surface area contributed by atoms with Gasteiger partial charge in [-0.3, -0.25) is 0 Å². The van der Waals surface area contributed by atoms with E-state index in [0.29, 0.717) is 11.7 Å². The Morgan fingerprint density at radius 1 is 1.35 bits per heavy atom. The van der Waals surface area contributed by atoms with Crippen molar-refractivity contribution < 1.29 is 4.74 Å². The molecule has 2 atom stereocenters. The van der Waals surface area contributed by atoms with Gasteiger partial charge in [0, 0.05) is 4.47 Å². The van der Waals surface area contributed by atoms with Gasteiger partial charge in [-0.15, -0.1) is 0 Å². The van der Waals surface area contributed by atoms with Crippen molar-refractivity contribution >= 4 is 15.9 Å². The lowest BCUT2D eigenvalue weighted by Crippen LogP contribution is -2.24. The molecule has 1 fully saturated rings. The van der Waals surface area contributed by atoms with E-state index in [0.717, 1.165) is 29.0 Å². The molecule has 1 aromatic rings. The Morgan fingerprint density at radius 2 is 2.18 bits per heavy atom. The maximum atomic E-state index is 8.91. The van der Waals surface area contributed by atoms with Gasteiger partial charge in [0.1, 0.15) is 5.75 Å². The zero-order chi connectivity index (χ0) is 12.3. The second kappa shape index (κ2) is 5.55. The van der Waals surface area contributed by atoms with Gasteiger partial charge in [-0.2, -0.15) is 5.26 Å². The van der Waals surface area contributed by atoms with E-state index in [-0.39, 0.29) is 0 Å². The molecular formula is C14H16BrNO. The van der Waals surface area contributed by atoms with Crippen LogP contribution >= 0.6 is 15.9 Å². The van der Waals surface area contributed by atoms with Gasteiger partial charge in [0.15, 0.2) is 0 Å². The van der Waals surface area contributed by atoms with Crippen molar-refractivity contribution in [2.45, 2.75) is 38.7 Å². The number of halogens is 1. The molecule has 2 unspecified atom stereocenters. The smallest absolute Gasteiger partial charge is 0.122 e. The maximum absolute atomic E-state index is 8.91. The van der Waals surface area contributed by atoms with E-state index in [1.807, 2.05) is 12.1 Å². The van der Waals surface area contributed by atoms with Crippen LogP contribution in [0.4, 0.5) is 0 Å². The summed E-state index contributed by atoms with van der Waals surface area (Å²) in [5, 5.41) is 8.91. The molecule has 1 aliphatic rings. The second-order valence-corrected chi connectivity index (χ2v) is 5.71. The van der Waals surface area contributed by atoms with Crippen molar-refractivity contribution in [1.29, 1.82) is 5.26 Å². The number of hydrogen-bond acceptors (Lipinski definition) is 2. The highest BCUT2D eigenvalue weighted by Crippen LogP contribution is 2.29. The molecule has 0 aliphatic heterocycles. The summed E-state index contributed by atoms with van der Waals surface area (Å²) in [5.74, 6) is 1.55. The Morgan fingerprint density at radius 3 is 2.88 bits per heavy atom. The first-order valence-corrected chi connectivity index (χ1v) is 6.84. The summed E-state index contributed by atoms with van der Waals surface area (Å²) in [7, 11) is 0. The topological polar surface area (TPSA) is 33.0 Å². The van der Waals surface area contributed by atoms with E-state index in [2.05, 4.69) is 28.9 Å². The fourth-order valence-corrected chi connectivity index (χ4v) is 2.85. The SMILES string of the molecule is CC1CCCC(Oc2cc(Br)cc(C#N)c2)C1. The first kappa shape index (κ1) is 12.4. The molecule has 3 heteroatoms. The van der Waals surface area contributed by atoms with Gasteiger partial charge in [-0.1, -0.05) is 29.3 Å². The molecule has 0 saturated heterocycles. The Hall–Kier alpha value is -1.01. The van der Waals surface area contributed by atoms with Crippen LogP contribution in [-0.2, 0) is 0 Å². The Balaban J connectivity index is 2.07. The molecule has 90 valence electrons. The summed E-state index contributed by atoms with van der Waals surface area (Å²) in [6.45, 7) is 2.27. The van der Waals surface area contributed by atoms with Gasteiger partial charge < -0.3 is 4.74 Å². The van der Waals surface area contributed by atoms with E-state index >= 15 is 0 Å². The number of nitrogens with zero attached hydrogens (tertiary/aromatic N) is 1. The molecule has 1 aliphatic carbocycles.